The molecule has 0 rings (SSSR count). The Bertz CT molecular complexity index is 130. The minimum absolute atomic E-state index is 0. The summed E-state index contributed by atoms with van der Waals surface area (Å²) < 4.78 is 0. The standard InChI is InChI=1S/C2H2N2O4.2K/c5-1(6)3-4-2(7)8;;/h(H,5,6)(H,7,8);;. The summed E-state index contributed by atoms with van der Waals surface area (Å²) in [4.78, 5) is 18.8. The molecule has 2 amide bonds. The van der Waals surface area contributed by atoms with Crippen LogP contribution in [0.15, 0.2) is 10.2 Å². The van der Waals surface area contributed by atoms with Crippen LogP contribution in [0.3, 0.4) is 0 Å². The maximum Gasteiger partial charge on any atom is 0.450 e. The van der Waals surface area contributed by atoms with E-state index >= 15 is 0 Å². The van der Waals surface area contributed by atoms with E-state index in [2.05, 4.69) is 10.2 Å². The van der Waals surface area contributed by atoms with Gasteiger partial charge < -0.3 is 10.2 Å². The summed E-state index contributed by atoms with van der Waals surface area (Å²) in [5.41, 5.74) is 0. The van der Waals surface area contributed by atoms with E-state index in [9.17, 15) is 9.59 Å². The average Bonchev–Trinajstić information content (AvgIpc) is 1.61. The van der Waals surface area contributed by atoms with Crippen LogP contribution < -0.4 is 0 Å². The van der Waals surface area contributed by atoms with Crippen molar-refractivity contribution in [3.05, 3.63) is 0 Å². The van der Waals surface area contributed by atoms with Gasteiger partial charge in [-0.1, -0.05) is 10.2 Å². The van der Waals surface area contributed by atoms with E-state index in [1.165, 1.54) is 0 Å². The van der Waals surface area contributed by atoms with Gasteiger partial charge in [-0.25, -0.2) is 9.59 Å². The Hall–Kier alpha value is 1.81. The molecule has 8 heteroatoms. The summed E-state index contributed by atoms with van der Waals surface area (Å²) in [6.07, 6.45) is -3.24. The monoisotopic (exact) mass is 196 g/mol. The van der Waals surface area contributed by atoms with E-state index in [0.29, 0.717) is 0 Å². The zero-order chi connectivity index (χ0) is 6.57. The molecule has 2 N–H and O–H groups in total. The Balaban J connectivity index is -0.000000245. The van der Waals surface area contributed by atoms with Crippen LogP contribution >= 0.6 is 0 Å². The number of rotatable bonds is 0. The van der Waals surface area contributed by atoms with Crippen LogP contribution in [0.2, 0.25) is 0 Å². The van der Waals surface area contributed by atoms with Gasteiger partial charge in [-0.2, -0.15) is 0 Å². The minimum atomic E-state index is -1.62. The van der Waals surface area contributed by atoms with Crippen molar-refractivity contribution < 1.29 is 19.8 Å². The molecule has 6 nitrogen and oxygen atoms in total. The molecule has 0 saturated carbocycles. The molecule has 0 spiro atoms. The van der Waals surface area contributed by atoms with Crippen molar-refractivity contribution in [3.63, 3.8) is 0 Å². The molecule has 0 aromatic carbocycles. The number of hydrogen-bond acceptors (Lipinski definition) is 2. The maximum atomic E-state index is 9.38. The SMILES string of the molecule is O=C(O)N=NC(=O)O.[K].[K]. The summed E-state index contributed by atoms with van der Waals surface area (Å²) in [6, 6.07) is 0. The van der Waals surface area contributed by atoms with Crippen LogP contribution in [0.4, 0.5) is 9.59 Å². The summed E-state index contributed by atoms with van der Waals surface area (Å²) >= 11 is 0. The molecular formula is C2H2K2N2O4. The molecular weight excluding hydrogens is 194 g/mol. The zero-order valence-electron chi connectivity index (χ0n) is 5.61. The van der Waals surface area contributed by atoms with E-state index in [-0.39, 0.29) is 103 Å². The predicted octanol–water partition coefficient (Wildman–Crippen LogP) is 0.0330. The Morgan fingerprint density at radius 1 is 0.900 bits per heavy atom. The molecule has 0 aliphatic carbocycles. The Morgan fingerprint density at radius 2 is 1.10 bits per heavy atom. The first-order chi connectivity index (χ1) is 3.63. The molecule has 0 bridgehead atoms. The van der Waals surface area contributed by atoms with Gasteiger partial charge >= 0.3 is 12.2 Å². The van der Waals surface area contributed by atoms with Crippen LogP contribution in [-0.4, -0.2) is 125 Å². The molecule has 46 valence electrons. The van der Waals surface area contributed by atoms with E-state index in [4.69, 9.17) is 10.2 Å². The van der Waals surface area contributed by atoms with Gasteiger partial charge in [0.15, 0.2) is 0 Å². The minimum Gasteiger partial charge on any atom is -0.462 e. The van der Waals surface area contributed by atoms with Gasteiger partial charge in [0.1, 0.15) is 0 Å². The summed E-state index contributed by atoms with van der Waals surface area (Å²) in [6.45, 7) is 0. The van der Waals surface area contributed by atoms with Crippen LogP contribution in [0.5, 0.6) is 0 Å². The smallest absolute Gasteiger partial charge is 0.450 e. The second kappa shape index (κ2) is 10.8. The van der Waals surface area contributed by atoms with E-state index in [0.717, 1.165) is 0 Å². The summed E-state index contributed by atoms with van der Waals surface area (Å²) in [7, 11) is 0. The maximum absolute atomic E-state index is 9.38. The van der Waals surface area contributed by atoms with Crippen molar-refractivity contribution in [2.24, 2.45) is 10.2 Å². The fourth-order valence-corrected chi connectivity index (χ4v) is 0.0855. The van der Waals surface area contributed by atoms with Gasteiger partial charge in [0, 0.05) is 103 Å². The molecule has 2 radical (unpaired) electrons. The first kappa shape index (κ1) is 17.8. The molecule has 0 heterocycles. The molecule has 0 aromatic heterocycles. The molecule has 0 saturated heterocycles. The summed E-state index contributed by atoms with van der Waals surface area (Å²) in [5.74, 6) is 0. The fraction of sp³-hybridized carbons (Fsp3) is 0. The third-order valence-electron chi connectivity index (χ3n) is 0.221. The van der Waals surface area contributed by atoms with Crippen molar-refractivity contribution in [3.8, 4) is 0 Å². The van der Waals surface area contributed by atoms with Crippen molar-refractivity contribution in [1.29, 1.82) is 0 Å². The molecule has 10 heavy (non-hydrogen) atoms. The molecule has 0 aliphatic rings. The largest absolute Gasteiger partial charge is 0.462 e. The van der Waals surface area contributed by atoms with Gasteiger partial charge in [0.05, 0.1) is 0 Å². The molecule has 0 atom stereocenters. The third kappa shape index (κ3) is 16.4. The summed E-state index contributed by atoms with van der Waals surface area (Å²) in [5, 5.41) is 19.8. The quantitative estimate of drug-likeness (QED) is 0.422. The van der Waals surface area contributed by atoms with Gasteiger partial charge in [-0.15, -0.1) is 0 Å². The second-order valence-electron chi connectivity index (χ2n) is 0.765. The number of carbonyl (C=O) groups is 2. The van der Waals surface area contributed by atoms with E-state index in [1.54, 1.807) is 0 Å². The molecule has 0 aliphatic heterocycles. The molecule has 0 unspecified atom stereocenters. The van der Waals surface area contributed by atoms with Crippen LogP contribution in [0.1, 0.15) is 0 Å². The van der Waals surface area contributed by atoms with Gasteiger partial charge in [0.25, 0.3) is 0 Å². The van der Waals surface area contributed by atoms with Crippen molar-refractivity contribution in [2.75, 3.05) is 0 Å². The number of azo groups is 1. The average molecular weight is 196 g/mol. The van der Waals surface area contributed by atoms with Gasteiger partial charge in [0.2, 0.25) is 0 Å². The third-order valence-corrected chi connectivity index (χ3v) is 0.221. The van der Waals surface area contributed by atoms with E-state index in [1.807, 2.05) is 0 Å². The molecule has 0 aromatic rings. The number of nitrogens with zero attached hydrogens (tertiary/aromatic N) is 2. The van der Waals surface area contributed by atoms with Crippen LogP contribution in [0, 0.1) is 0 Å². The normalized spacial score (nSPS) is 7.60. The van der Waals surface area contributed by atoms with Crippen molar-refractivity contribution in [2.45, 2.75) is 0 Å². The Morgan fingerprint density at radius 3 is 1.20 bits per heavy atom. The molecule has 0 fully saturated rings. The fourth-order valence-electron chi connectivity index (χ4n) is 0.0855. The Labute approximate surface area is 141 Å². The van der Waals surface area contributed by atoms with Gasteiger partial charge in [-0.3, -0.25) is 0 Å². The van der Waals surface area contributed by atoms with Crippen LogP contribution in [0.25, 0.3) is 0 Å². The predicted molar refractivity (Wildman–Crippen MR) is 32.4 cm³/mol. The number of hydrogen-bond donors (Lipinski definition) is 2. The number of carboxylic acid groups (broad SMARTS) is 2. The van der Waals surface area contributed by atoms with E-state index < -0.39 is 12.2 Å². The van der Waals surface area contributed by atoms with Crippen molar-refractivity contribution in [1.82, 2.24) is 0 Å². The zero-order valence-corrected chi connectivity index (χ0v) is 11.9. The first-order valence-corrected chi connectivity index (χ1v) is 1.50. The number of amides is 2. The first-order valence-electron chi connectivity index (χ1n) is 1.50. The van der Waals surface area contributed by atoms with Gasteiger partial charge in [-0.05, 0) is 0 Å². The van der Waals surface area contributed by atoms with Crippen LogP contribution in [-0.2, 0) is 0 Å². The topological polar surface area (TPSA) is 99.3 Å². The second-order valence-corrected chi connectivity index (χ2v) is 0.765. The van der Waals surface area contributed by atoms with Crippen molar-refractivity contribution >= 4 is 115 Å². The Kier molecular flexibility index (Phi) is 19.2.